The molecule has 1 N–H and O–H groups in total. The van der Waals surface area contributed by atoms with Gasteiger partial charge >= 0.3 is 5.97 Å². The van der Waals surface area contributed by atoms with Crippen LogP contribution in [-0.2, 0) is 19.6 Å². The van der Waals surface area contributed by atoms with Crippen LogP contribution in [0.5, 0.6) is 0 Å². The van der Waals surface area contributed by atoms with E-state index in [1.807, 2.05) is 30.3 Å². The number of ether oxygens (including phenoxy) is 1. The van der Waals surface area contributed by atoms with Gasteiger partial charge in [-0.2, -0.15) is 0 Å². The molecular weight excluding hydrogens is 266 g/mol. The Morgan fingerprint density at radius 1 is 1.32 bits per heavy atom. The van der Waals surface area contributed by atoms with E-state index in [1.54, 1.807) is 0 Å². The highest BCUT2D eigenvalue weighted by Gasteiger charge is 2.05. The molecule has 5 nitrogen and oxygen atoms in total. The molecule has 0 spiro atoms. The van der Waals surface area contributed by atoms with Crippen LogP contribution in [0.4, 0.5) is 0 Å². The predicted molar refractivity (Wildman–Crippen MR) is 73.6 cm³/mol. The first-order chi connectivity index (χ1) is 9.03. The fourth-order valence-electron chi connectivity index (χ4n) is 1.33. The largest absolute Gasteiger partial charge is 0.469 e. The second-order valence-corrected chi connectivity index (χ2v) is 5.48. The number of carbonyl (C=O) groups excluding carboxylic acids is 1. The van der Waals surface area contributed by atoms with Crippen LogP contribution in [0.25, 0.3) is 6.08 Å². The van der Waals surface area contributed by atoms with Crippen molar-refractivity contribution in [1.29, 1.82) is 0 Å². The molecule has 0 saturated heterocycles. The van der Waals surface area contributed by atoms with Crippen LogP contribution in [0.3, 0.4) is 0 Å². The lowest BCUT2D eigenvalue weighted by atomic mass is 10.2. The third-order valence-electron chi connectivity index (χ3n) is 2.33. The lowest BCUT2D eigenvalue weighted by molar-refractivity contribution is -0.140. The predicted octanol–water partition coefficient (Wildman–Crippen LogP) is 1.53. The first-order valence-electron chi connectivity index (χ1n) is 5.83. The maximum Gasteiger partial charge on any atom is 0.305 e. The Balaban J connectivity index is 2.40. The molecule has 0 radical (unpaired) electrons. The van der Waals surface area contributed by atoms with Crippen LogP contribution in [0.1, 0.15) is 18.4 Å². The number of benzene rings is 1. The van der Waals surface area contributed by atoms with Crippen molar-refractivity contribution in [1.82, 2.24) is 4.72 Å². The standard InChI is InChI=1S/C13H17NO4S/c1-18-13(15)8-5-10-14-19(16,17)11-9-12-6-3-2-4-7-12/h2-4,6-7,9,11,14H,5,8,10H2,1H3/b11-9+. The van der Waals surface area contributed by atoms with Gasteiger partial charge in [-0.05, 0) is 18.1 Å². The number of esters is 1. The molecule has 1 rings (SSSR count). The molecule has 6 heteroatoms. The SMILES string of the molecule is COC(=O)CCCNS(=O)(=O)/C=C/c1ccccc1. The van der Waals surface area contributed by atoms with Gasteiger partial charge in [0.05, 0.1) is 7.11 Å². The smallest absolute Gasteiger partial charge is 0.305 e. The van der Waals surface area contributed by atoms with Gasteiger partial charge in [0.1, 0.15) is 0 Å². The summed E-state index contributed by atoms with van der Waals surface area (Å²) in [7, 11) is -2.17. The zero-order valence-corrected chi connectivity index (χ0v) is 11.5. The molecule has 1 aromatic rings. The second-order valence-electron chi connectivity index (χ2n) is 3.83. The molecule has 0 amide bonds. The van der Waals surface area contributed by atoms with Crippen LogP contribution in [0.15, 0.2) is 35.7 Å². The van der Waals surface area contributed by atoms with E-state index in [4.69, 9.17) is 0 Å². The normalized spacial score (nSPS) is 11.6. The number of carbonyl (C=O) groups is 1. The third-order valence-corrected chi connectivity index (χ3v) is 3.43. The number of hydrogen-bond donors (Lipinski definition) is 1. The second kappa shape index (κ2) is 7.70. The average molecular weight is 283 g/mol. The van der Waals surface area contributed by atoms with Gasteiger partial charge in [0.25, 0.3) is 0 Å². The van der Waals surface area contributed by atoms with Crippen LogP contribution in [0.2, 0.25) is 0 Å². The van der Waals surface area contributed by atoms with E-state index >= 15 is 0 Å². The third kappa shape index (κ3) is 6.73. The summed E-state index contributed by atoms with van der Waals surface area (Å²) >= 11 is 0. The van der Waals surface area contributed by atoms with Crippen molar-refractivity contribution in [2.24, 2.45) is 0 Å². The topological polar surface area (TPSA) is 72.5 Å². The van der Waals surface area contributed by atoms with Gasteiger partial charge in [-0.1, -0.05) is 30.3 Å². The van der Waals surface area contributed by atoms with Gasteiger partial charge in [-0.15, -0.1) is 0 Å². The zero-order chi connectivity index (χ0) is 14.1. The van der Waals surface area contributed by atoms with Crippen LogP contribution in [-0.4, -0.2) is 28.0 Å². The van der Waals surface area contributed by atoms with E-state index in [2.05, 4.69) is 9.46 Å². The molecule has 104 valence electrons. The molecule has 1 aromatic carbocycles. The Bertz CT molecular complexity index is 523. The average Bonchev–Trinajstić information content (AvgIpc) is 2.42. The van der Waals surface area contributed by atoms with Gasteiger partial charge in [0.15, 0.2) is 0 Å². The number of rotatable bonds is 7. The van der Waals surface area contributed by atoms with Crippen molar-refractivity contribution in [3.05, 3.63) is 41.3 Å². The fraction of sp³-hybridized carbons (Fsp3) is 0.308. The van der Waals surface area contributed by atoms with E-state index in [1.165, 1.54) is 13.2 Å². The summed E-state index contributed by atoms with van der Waals surface area (Å²) in [5, 5.41) is 1.11. The lowest BCUT2D eigenvalue weighted by Gasteiger charge is -2.02. The van der Waals surface area contributed by atoms with E-state index in [9.17, 15) is 13.2 Å². The van der Waals surface area contributed by atoms with E-state index in [-0.39, 0.29) is 18.9 Å². The highest BCUT2D eigenvalue weighted by atomic mass is 32.2. The lowest BCUT2D eigenvalue weighted by Crippen LogP contribution is -2.23. The summed E-state index contributed by atoms with van der Waals surface area (Å²) in [5.74, 6) is -0.348. The molecule has 0 aliphatic carbocycles. The number of hydrogen-bond acceptors (Lipinski definition) is 4. The van der Waals surface area contributed by atoms with Crippen LogP contribution >= 0.6 is 0 Å². The van der Waals surface area contributed by atoms with Gasteiger partial charge in [-0.25, -0.2) is 13.1 Å². The molecule has 0 bridgehead atoms. The quantitative estimate of drug-likeness (QED) is 0.608. The molecule has 0 aliphatic rings. The maximum atomic E-state index is 11.6. The zero-order valence-electron chi connectivity index (χ0n) is 10.7. The Morgan fingerprint density at radius 3 is 2.63 bits per heavy atom. The molecule has 0 aliphatic heterocycles. The summed E-state index contributed by atoms with van der Waals surface area (Å²) in [6.45, 7) is 0.205. The summed E-state index contributed by atoms with van der Waals surface area (Å²) < 4.78 is 30.1. The number of nitrogens with one attached hydrogen (secondary N) is 1. The van der Waals surface area contributed by atoms with Crippen LogP contribution < -0.4 is 4.72 Å². The summed E-state index contributed by atoms with van der Waals surface area (Å²) in [5.41, 5.74) is 0.808. The van der Waals surface area contributed by atoms with Gasteiger partial charge < -0.3 is 4.74 Å². The molecule has 0 unspecified atom stereocenters. The van der Waals surface area contributed by atoms with E-state index < -0.39 is 10.0 Å². The Morgan fingerprint density at radius 2 is 2.00 bits per heavy atom. The monoisotopic (exact) mass is 283 g/mol. The van der Waals surface area contributed by atoms with Crippen molar-refractivity contribution in [2.45, 2.75) is 12.8 Å². The van der Waals surface area contributed by atoms with Gasteiger partial charge in [0.2, 0.25) is 10.0 Å². The van der Waals surface area contributed by atoms with Crippen LogP contribution in [0, 0.1) is 0 Å². The Hall–Kier alpha value is -1.66. The minimum atomic E-state index is -3.47. The van der Waals surface area contributed by atoms with Gasteiger partial charge in [-0.3, -0.25) is 4.79 Å². The molecule has 19 heavy (non-hydrogen) atoms. The molecule has 0 saturated carbocycles. The minimum Gasteiger partial charge on any atom is -0.469 e. The number of methoxy groups -OCH3 is 1. The molecular formula is C13H17NO4S. The minimum absolute atomic E-state index is 0.196. The van der Waals surface area contributed by atoms with Crippen molar-refractivity contribution >= 4 is 22.1 Å². The summed E-state index contributed by atoms with van der Waals surface area (Å²) in [4.78, 5) is 10.8. The summed E-state index contributed by atoms with van der Waals surface area (Å²) in [6.07, 6.45) is 2.12. The maximum absolute atomic E-state index is 11.6. The Labute approximate surface area is 113 Å². The fourth-order valence-corrected chi connectivity index (χ4v) is 2.19. The highest BCUT2D eigenvalue weighted by molar-refractivity contribution is 7.92. The van der Waals surface area contributed by atoms with E-state index in [0.717, 1.165) is 11.0 Å². The van der Waals surface area contributed by atoms with E-state index in [0.29, 0.717) is 6.42 Å². The first kappa shape index (κ1) is 15.4. The first-order valence-corrected chi connectivity index (χ1v) is 7.38. The summed E-state index contributed by atoms with van der Waals surface area (Å²) in [6, 6.07) is 9.13. The Kier molecular flexibility index (Phi) is 6.24. The van der Waals surface area contributed by atoms with Crippen molar-refractivity contribution in [3.63, 3.8) is 0 Å². The highest BCUT2D eigenvalue weighted by Crippen LogP contribution is 2.02. The van der Waals surface area contributed by atoms with Crippen molar-refractivity contribution < 1.29 is 17.9 Å². The van der Waals surface area contributed by atoms with Crippen molar-refractivity contribution in [2.75, 3.05) is 13.7 Å². The number of sulfonamides is 1. The molecule has 0 fully saturated rings. The van der Waals surface area contributed by atoms with Crippen molar-refractivity contribution in [3.8, 4) is 0 Å². The molecule has 0 heterocycles. The van der Waals surface area contributed by atoms with Gasteiger partial charge in [0, 0.05) is 18.4 Å². The molecule has 0 atom stereocenters. The molecule has 0 aromatic heterocycles.